The minimum atomic E-state index is -0.398. The number of ether oxygens (including phenoxy) is 1. The van der Waals surface area contributed by atoms with E-state index in [9.17, 15) is 4.79 Å². The second-order valence-corrected chi connectivity index (χ2v) is 7.53. The number of nitrogens with one attached hydrogen (secondary N) is 1. The van der Waals surface area contributed by atoms with Crippen molar-refractivity contribution in [1.29, 1.82) is 0 Å². The highest BCUT2D eigenvalue weighted by atomic mass is 35.5. The van der Waals surface area contributed by atoms with Crippen LogP contribution in [0.25, 0.3) is 0 Å². The standard InChI is InChI=1S/C21H28Cl2N2O2/c1-5-8-16(22)11-17(23)13-27-21-24-19-15(12-26)9-10-18(14(6-2)7-3)20(19)25(21)4/h8-12,14,21,24H,5-7,13H2,1-4H3/b16-8+,17-11+. The smallest absolute Gasteiger partial charge is 0.208 e. The molecule has 0 bridgehead atoms. The number of aldehydes is 1. The van der Waals surface area contributed by atoms with Gasteiger partial charge in [0.05, 0.1) is 18.0 Å². The number of nitrogens with zero attached hydrogens (tertiary/aromatic N) is 1. The summed E-state index contributed by atoms with van der Waals surface area (Å²) in [6.07, 6.45) is 6.99. The molecule has 6 heteroatoms. The fourth-order valence-electron chi connectivity index (χ4n) is 3.41. The normalized spacial score (nSPS) is 17.3. The van der Waals surface area contributed by atoms with Crippen LogP contribution < -0.4 is 10.2 Å². The molecule has 27 heavy (non-hydrogen) atoms. The number of halogens is 2. The van der Waals surface area contributed by atoms with Gasteiger partial charge in [0, 0.05) is 22.7 Å². The van der Waals surface area contributed by atoms with Gasteiger partial charge in [0.15, 0.2) is 6.29 Å². The molecule has 0 aromatic heterocycles. The Morgan fingerprint density at radius 3 is 2.59 bits per heavy atom. The van der Waals surface area contributed by atoms with Crippen molar-refractivity contribution in [2.45, 2.75) is 52.3 Å². The predicted octanol–water partition coefficient (Wildman–Crippen LogP) is 6.22. The van der Waals surface area contributed by atoms with E-state index in [1.165, 1.54) is 5.56 Å². The van der Waals surface area contributed by atoms with E-state index in [4.69, 9.17) is 27.9 Å². The third-order valence-electron chi connectivity index (χ3n) is 4.84. The number of hydrogen-bond donors (Lipinski definition) is 1. The molecule has 1 unspecified atom stereocenters. The van der Waals surface area contributed by atoms with Gasteiger partial charge in [-0.1, -0.05) is 56.1 Å². The molecule has 1 heterocycles. The molecule has 1 aliphatic rings. The topological polar surface area (TPSA) is 41.6 Å². The average Bonchev–Trinajstić information content (AvgIpc) is 2.98. The summed E-state index contributed by atoms with van der Waals surface area (Å²) in [5.41, 5.74) is 3.72. The Kier molecular flexibility index (Phi) is 8.21. The van der Waals surface area contributed by atoms with E-state index in [0.717, 1.165) is 36.9 Å². The first-order chi connectivity index (χ1) is 13.0. The van der Waals surface area contributed by atoms with E-state index in [2.05, 4.69) is 25.2 Å². The predicted molar refractivity (Wildman–Crippen MR) is 115 cm³/mol. The summed E-state index contributed by atoms with van der Waals surface area (Å²) in [7, 11) is 1.96. The Labute approximate surface area is 172 Å². The Morgan fingerprint density at radius 2 is 2.00 bits per heavy atom. The van der Waals surface area contributed by atoms with Crippen LogP contribution >= 0.6 is 23.2 Å². The maximum Gasteiger partial charge on any atom is 0.208 e. The quantitative estimate of drug-likeness (QED) is 0.387. The fraction of sp³-hybridized carbons (Fsp3) is 0.476. The van der Waals surface area contributed by atoms with Gasteiger partial charge >= 0.3 is 0 Å². The summed E-state index contributed by atoms with van der Waals surface area (Å²) in [5, 5.41) is 4.44. The van der Waals surface area contributed by atoms with E-state index in [1.54, 1.807) is 6.08 Å². The van der Waals surface area contributed by atoms with Gasteiger partial charge in [0.1, 0.15) is 0 Å². The molecule has 0 saturated heterocycles. The van der Waals surface area contributed by atoms with Gasteiger partial charge < -0.3 is 15.0 Å². The highest BCUT2D eigenvalue weighted by Crippen LogP contribution is 2.43. The number of fused-ring (bicyclic) bond motifs is 1. The molecule has 1 aromatic carbocycles. The summed E-state index contributed by atoms with van der Waals surface area (Å²) in [4.78, 5) is 13.5. The third-order valence-corrected chi connectivity index (χ3v) is 5.32. The number of rotatable bonds is 9. The van der Waals surface area contributed by atoms with Crippen LogP contribution in [0, 0.1) is 0 Å². The molecule has 0 radical (unpaired) electrons. The van der Waals surface area contributed by atoms with Gasteiger partial charge in [-0.2, -0.15) is 0 Å². The molecule has 0 spiro atoms. The maximum absolute atomic E-state index is 11.5. The second-order valence-electron chi connectivity index (χ2n) is 6.61. The molecule has 0 saturated carbocycles. The van der Waals surface area contributed by atoms with Crippen LogP contribution in [-0.4, -0.2) is 26.3 Å². The van der Waals surface area contributed by atoms with Gasteiger partial charge in [-0.15, -0.1) is 0 Å². The molecule has 1 N–H and O–H groups in total. The van der Waals surface area contributed by atoms with E-state index in [0.29, 0.717) is 21.5 Å². The van der Waals surface area contributed by atoms with Gasteiger partial charge in [-0.25, -0.2) is 0 Å². The first kappa shape index (κ1) is 21.8. The average molecular weight is 411 g/mol. The molecule has 2 rings (SSSR count). The zero-order chi connectivity index (χ0) is 20.0. The second kappa shape index (κ2) is 10.2. The lowest BCUT2D eigenvalue weighted by Crippen LogP contribution is -2.35. The van der Waals surface area contributed by atoms with Crippen molar-refractivity contribution in [1.82, 2.24) is 0 Å². The van der Waals surface area contributed by atoms with Gasteiger partial charge in [-0.05, 0) is 42.9 Å². The Bertz CT molecular complexity index is 727. The number of allylic oxidation sites excluding steroid dienone is 3. The maximum atomic E-state index is 11.5. The molecule has 1 aromatic rings. The van der Waals surface area contributed by atoms with Gasteiger partial charge in [-0.3, -0.25) is 4.79 Å². The number of benzene rings is 1. The van der Waals surface area contributed by atoms with Gasteiger partial charge in [0.25, 0.3) is 0 Å². The molecular weight excluding hydrogens is 383 g/mol. The zero-order valence-electron chi connectivity index (χ0n) is 16.4. The zero-order valence-corrected chi connectivity index (χ0v) is 17.9. The lowest BCUT2D eigenvalue weighted by atomic mass is 9.90. The van der Waals surface area contributed by atoms with Crippen LogP contribution in [0.4, 0.5) is 11.4 Å². The van der Waals surface area contributed by atoms with Crippen molar-refractivity contribution in [3.05, 3.63) is 45.5 Å². The van der Waals surface area contributed by atoms with Crippen molar-refractivity contribution in [3.8, 4) is 0 Å². The van der Waals surface area contributed by atoms with Crippen LogP contribution in [0.1, 0.15) is 61.9 Å². The summed E-state index contributed by atoms with van der Waals surface area (Å²) in [6.45, 7) is 6.60. The van der Waals surface area contributed by atoms with Crippen molar-refractivity contribution in [2.24, 2.45) is 0 Å². The van der Waals surface area contributed by atoms with Crippen molar-refractivity contribution in [3.63, 3.8) is 0 Å². The first-order valence-electron chi connectivity index (χ1n) is 9.41. The van der Waals surface area contributed by atoms with Crippen LogP contribution in [0.3, 0.4) is 0 Å². The molecule has 148 valence electrons. The Balaban J connectivity index is 2.23. The Hall–Kier alpha value is -1.49. The highest BCUT2D eigenvalue weighted by molar-refractivity contribution is 6.34. The SMILES string of the molecule is CC/C=C(Cl)\C=C(\Cl)COC1Nc2c(C=O)ccc(C(CC)CC)c2N1C. The molecule has 1 atom stereocenters. The van der Waals surface area contributed by atoms with Crippen molar-refractivity contribution >= 4 is 40.9 Å². The lowest BCUT2D eigenvalue weighted by molar-refractivity contribution is 0.0980. The lowest BCUT2D eigenvalue weighted by Gasteiger charge is -2.25. The summed E-state index contributed by atoms with van der Waals surface area (Å²) in [6, 6.07) is 3.94. The number of carbonyl (C=O) groups excluding carboxylic acids is 1. The van der Waals surface area contributed by atoms with E-state index in [1.807, 2.05) is 31.0 Å². The first-order valence-corrected chi connectivity index (χ1v) is 10.2. The number of anilines is 2. The summed E-state index contributed by atoms with van der Waals surface area (Å²) in [5.74, 6) is 0.434. The summed E-state index contributed by atoms with van der Waals surface area (Å²) >= 11 is 12.3. The van der Waals surface area contributed by atoms with E-state index < -0.39 is 6.35 Å². The van der Waals surface area contributed by atoms with Crippen LogP contribution in [0.5, 0.6) is 0 Å². The minimum Gasteiger partial charge on any atom is -0.340 e. The van der Waals surface area contributed by atoms with Crippen LogP contribution in [-0.2, 0) is 4.74 Å². The minimum absolute atomic E-state index is 0.224. The molecule has 0 amide bonds. The Morgan fingerprint density at radius 1 is 1.30 bits per heavy atom. The van der Waals surface area contributed by atoms with Crippen molar-refractivity contribution in [2.75, 3.05) is 23.9 Å². The largest absolute Gasteiger partial charge is 0.340 e. The van der Waals surface area contributed by atoms with Crippen molar-refractivity contribution < 1.29 is 9.53 Å². The molecule has 0 fully saturated rings. The number of hydrogen-bond acceptors (Lipinski definition) is 4. The molecule has 0 aliphatic carbocycles. The third kappa shape index (κ3) is 5.07. The molecule has 1 aliphatic heterocycles. The molecular formula is C21H28Cl2N2O2. The van der Waals surface area contributed by atoms with E-state index >= 15 is 0 Å². The monoisotopic (exact) mass is 410 g/mol. The highest BCUT2D eigenvalue weighted by Gasteiger charge is 2.32. The van der Waals surface area contributed by atoms with Crippen LogP contribution in [0.15, 0.2) is 34.3 Å². The van der Waals surface area contributed by atoms with Gasteiger partial charge in [0.2, 0.25) is 6.35 Å². The molecule has 4 nitrogen and oxygen atoms in total. The van der Waals surface area contributed by atoms with E-state index in [-0.39, 0.29) is 6.61 Å². The fourth-order valence-corrected chi connectivity index (χ4v) is 3.93. The summed E-state index contributed by atoms with van der Waals surface area (Å²) < 4.78 is 5.95. The number of carbonyl (C=O) groups is 1. The van der Waals surface area contributed by atoms with Crippen LogP contribution in [0.2, 0.25) is 0 Å².